The summed E-state index contributed by atoms with van der Waals surface area (Å²) >= 11 is 12.3. The third-order valence-corrected chi connectivity index (χ3v) is 6.54. The smallest absolute Gasteiger partial charge is 0.266 e. The number of carbonyl (C=O) groups is 2. The standard InChI is InChI=1S/C30H24Cl2N4O4/c1-17-8-25(27(39-3)13-23(17)31)35-29(37)21(15-33)11-19-6-5-7-20(10-19)12-22(16-34)30(38)36-26-9-18(2)24(32)14-28(26)40-4/h5-14H,1-4H3,(H,35,37)(H,36,38)/b21-11-,22-12+. The number of halogens is 2. The van der Waals surface area contributed by atoms with E-state index < -0.39 is 11.8 Å². The highest BCUT2D eigenvalue weighted by atomic mass is 35.5. The Kier molecular flexibility index (Phi) is 9.94. The van der Waals surface area contributed by atoms with Crippen LogP contribution in [0.1, 0.15) is 22.3 Å². The normalized spacial score (nSPS) is 11.2. The number of hydrogen-bond acceptors (Lipinski definition) is 6. The van der Waals surface area contributed by atoms with E-state index >= 15 is 0 Å². The van der Waals surface area contributed by atoms with Crippen molar-refractivity contribution in [3.8, 4) is 23.6 Å². The number of anilines is 2. The molecule has 0 aliphatic carbocycles. The summed E-state index contributed by atoms with van der Waals surface area (Å²) in [5, 5.41) is 25.6. The van der Waals surface area contributed by atoms with E-state index in [9.17, 15) is 20.1 Å². The molecule has 0 saturated heterocycles. The van der Waals surface area contributed by atoms with Crippen LogP contribution in [0.5, 0.6) is 11.5 Å². The fraction of sp³-hybridized carbons (Fsp3) is 0.133. The van der Waals surface area contributed by atoms with E-state index in [0.29, 0.717) is 44.0 Å². The minimum absolute atomic E-state index is 0.167. The van der Waals surface area contributed by atoms with Gasteiger partial charge in [-0.3, -0.25) is 9.59 Å². The first-order valence-corrected chi connectivity index (χ1v) is 12.5. The number of benzene rings is 3. The zero-order valence-electron chi connectivity index (χ0n) is 22.1. The topological polar surface area (TPSA) is 124 Å². The molecule has 202 valence electrons. The van der Waals surface area contributed by atoms with Gasteiger partial charge < -0.3 is 20.1 Å². The molecule has 0 spiro atoms. The van der Waals surface area contributed by atoms with Gasteiger partial charge in [0, 0.05) is 22.2 Å². The molecule has 0 unspecified atom stereocenters. The van der Waals surface area contributed by atoms with Crippen LogP contribution in [0.15, 0.2) is 59.7 Å². The average Bonchev–Trinajstić information content (AvgIpc) is 2.94. The maximum atomic E-state index is 12.9. The molecule has 40 heavy (non-hydrogen) atoms. The highest BCUT2D eigenvalue weighted by molar-refractivity contribution is 6.32. The number of carbonyl (C=O) groups excluding carboxylic acids is 2. The second kappa shape index (κ2) is 13.3. The van der Waals surface area contributed by atoms with Crippen molar-refractivity contribution in [3.63, 3.8) is 0 Å². The quantitative estimate of drug-likeness (QED) is 0.227. The maximum Gasteiger partial charge on any atom is 0.266 e. The number of rotatable bonds is 8. The third-order valence-electron chi connectivity index (χ3n) is 5.72. The number of nitriles is 2. The SMILES string of the molecule is COc1cc(Cl)c(C)cc1NC(=O)/C(C#N)=C\c1cccc(/C=C(\C#N)C(=O)Nc2cc(C)c(Cl)cc2OC)c1. The lowest BCUT2D eigenvalue weighted by molar-refractivity contribution is -0.113. The van der Waals surface area contributed by atoms with Gasteiger partial charge in [0.1, 0.15) is 34.8 Å². The van der Waals surface area contributed by atoms with Crippen molar-refractivity contribution < 1.29 is 19.1 Å². The lowest BCUT2D eigenvalue weighted by Crippen LogP contribution is -2.14. The minimum atomic E-state index is -0.646. The number of amides is 2. The lowest BCUT2D eigenvalue weighted by Gasteiger charge is -2.12. The first-order valence-electron chi connectivity index (χ1n) is 11.7. The van der Waals surface area contributed by atoms with Crippen molar-refractivity contribution in [1.82, 2.24) is 0 Å². The van der Waals surface area contributed by atoms with E-state index in [1.54, 1.807) is 62.4 Å². The molecule has 0 fully saturated rings. The molecule has 0 aliphatic rings. The number of aryl methyl sites for hydroxylation is 2. The van der Waals surface area contributed by atoms with E-state index in [-0.39, 0.29) is 11.1 Å². The van der Waals surface area contributed by atoms with Gasteiger partial charge in [-0.05, 0) is 66.5 Å². The van der Waals surface area contributed by atoms with Crippen LogP contribution >= 0.6 is 23.2 Å². The Morgan fingerprint density at radius 1 is 0.750 bits per heavy atom. The van der Waals surface area contributed by atoms with Crippen LogP contribution < -0.4 is 20.1 Å². The van der Waals surface area contributed by atoms with Gasteiger partial charge in [0.05, 0.1) is 25.6 Å². The second-order valence-corrected chi connectivity index (χ2v) is 9.34. The van der Waals surface area contributed by atoms with E-state index in [4.69, 9.17) is 32.7 Å². The van der Waals surface area contributed by atoms with Crippen LogP contribution in [0, 0.1) is 36.5 Å². The first-order chi connectivity index (χ1) is 19.1. The summed E-state index contributed by atoms with van der Waals surface area (Å²) in [4.78, 5) is 25.7. The van der Waals surface area contributed by atoms with Crippen LogP contribution in [0.25, 0.3) is 12.2 Å². The fourth-order valence-electron chi connectivity index (χ4n) is 3.61. The molecular formula is C30H24Cl2N4O4. The van der Waals surface area contributed by atoms with Crippen molar-refractivity contribution in [3.05, 3.63) is 92.0 Å². The largest absolute Gasteiger partial charge is 0.495 e. The average molecular weight is 575 g/mol. The summed E-state index contributed by atoms with van der Waals surface area (Å²) in [5.41, 5.74) is 2.86. The number of methoxy groups -OCH3 is 2. The van der Waals surface area contributed by atoms with Crippen molar-refractivity contribution in [2.24, 2.45) is 0 Å². The van der Waals surface area contributed by atoms with E-state index in [1.807, 2.05) is 12.1 Å². The van der Waals surface area contributed by atoms with Gasteiger partial charge in [-0.15, -0.1) is 0 Å². The van der Waals surface area contributed by atoms with Crippen LogP contribution in [0.3, 0.4) is 0 Å². The Labute approximate surface area is 242 Å². The molecule has 3 aromatic carbocycles. The molecule has 2 amide bonds. The van der Waals surface area contributed by atoms with Gasteiger partial charge in [-0.25, -0.2) is 0 Å². The van der Waals surface area contributed by atoms with Crippen LogP contribution in [0.2, 0.25) is 10.0 Å². The Hall–Kier alpha value is -4.76. The summed E-state index contributed by atoms with van der Waals surface area (Å²) in [6, 6.07) is 16.9. The predicted octanol–water partition coefficient (Wildman–Crippen LogP) is 6.72. The van der Waals surface area contributed by atoms with Crippen molar-refractivity contribution in [2.45, 2.75) is 13.8 Å². The zero-order valence-corrected chi connectivity index (χ0v) is 23.6. The van der Waals surface area contributed by atoms with Gasteiger partial charge >= 0.3 is 0 Å². The van der Waals surface area contributed by atoms with Gasteiger partial charge in [0.25, 0.3) is 11.8 Å². The highest BCUT2D eigenvalue weighted by Crippen LogP contribution is 2.32. The number of ether oxygens (including phenoxy) is 2. The first kappa shape index (κ1) is 29.8. The van der Waals surface area contributed by atoms with Crippen molar-refractivity contribution in [2.75, 3.05) is 24.9 Å². The fourth-order valence-corrected chi connectivity index (χ4v) is 3.92. The van der Waals surface area contributed by atoms with E-state index in [0.717, 1.165) is 11.1 Å². The summed E-state index contributed by atoms with van der Waals surface area (Å²) in [7, 11) is 2.89. The third kappa shape index (κ3) is 7.21. The molecule has 3 aromatic rings. The van der Waals surface area contributed by atoms with Crippen molar-refractivity contribution in [1.29, 1.82) is 10.5 Å². The van der Waals surface area contributed by atoms with Crippen molar-refractivity contribution >= 4 is 58.5 Å². The summed E-state index contributed by atoms with van der Waals surface area (Å²) in [6.07, 6.45) is 2.80. The van der Waals surface area contributed by atoms with E-state index in [2.05, 4.69) is 10.6 Å². The molecule has 0 bridgehead atoms. The monoisotopic (exact) mass is 574 g/mol. The highest BCUT2D eigenvalue weighted by Gasteiger charge is 2.16. The van der Waals surface area contributed by atoms with Crippen LogP contribution in [0.4, 0.5) is 11.4 Å². The molecular weight excluding hydrogens is 551 g/mol. The predicted molar refractivity (Wildman–Crippen MR) is 156 cm³/mol. The number of hydrogen-bond donors (Lipinski definition) is 2. The molecule has 0 aliphatic heterocycles. The van der Waals surface area contributed by atoms with Crippen LogP contribution in [-0.4, -0.2) is 26.0 Å². The van der Waals surface area contributed by atoms with Crippen LogP contribution in [-0.2, 0) is 9.59 Å². The molecule has 0 radical (unpaired) electrons. The molecule has 8 nitrogen and oxygen atoms in total. The summed E-state index contributed by atoms with van der Waals surface area (Å²) in [6.45, 7) is 3.56. The Balaban J connectivity index is 1.86. The molecule has 0 aromatic heterocycles. The molecule has 2 N–H and O–H groups in total. The molecule has 3 rings (SSSR count). The summed E-state index contributed by atoms with van der Waals surface area (Å²) < 4.78 is 10.6. The van der Waals surface area contributed by atoms with Gasteiger partial charge in [0.2, 0.25) is 0 Å². The maximum absolute atomic E-state index is 12.9. The Bertz CT molecular complexity index is 1520. The van der Waals surface area contributed by atoms with Gasteiger partial charge in [-0.2, -0.15) is 10.5 Å². The number of nitrogens with zero attached hydrogens (tertiary/aromatic N) is 2. The van der Waals surface area contributed by atoms with Gasteiger partial charge in [0.15, 0.2) is 0 Å². The second-order valence-electron chi connectivity index (χ2n) is 8.52. The Morgan fingerprint density at radius 2 is 1.15 bits per heavy atom. The van der Waals surface area contributed by atoms with Gasteiger partial charge in [-0.1, -0.05) is 41.4 Å². The molecule has 0 atom stereocenters. The molecule has 10 heteroatoms. The lowest BCUT2D eigenvalue weighted by atomic mass is 10.1. The minimum Gasteiger partial charge on any atom is -0.495 e. The number of nitrogens with one attached hydrogen (secondary N) is 2. The molecule has 0 saturated carbocycles. The molecule has 0 heterocycles. The summed E-state index contributed by atoms with van der Waals surface area (Å²) in [5.74, 6) is -0.593. The van der Waals surface area contributed by atoms with E-state index in [1.165, 1.54) is 26.4 Å². The zero-order chi connectivity index (χ0) is 29.4. The Morgan fingerprint density at radius 3 is 1.50 bits per heavy atom.